The van der Waals surface area contributed by atoms with Crippen LogP contribution < -0.4 is 5.73 Å². The molecule has 0 amide bonds. The van der Waals surface area contributed by atoms with Gasteiger partial charge in [-0.25, -0.2) is 0 Å². The number of carbonyl (C=O) groups excluding carboxylic acids is 1. The molecular formula is C14H19NO. The summed E-state index contributed by atoms with van der Waals surface area (Å²) in [5.41, 5.74) is 7.05. The molecule has 1 saturated carbocycles. The molecule has 0 radical (unpaired) electrons. The first-order valence-corrected chi connectivity index (χ1v) is 6.08. The highest BCUT2D eigenvalue weighted by Crippen LogP contribution is 2.33. The minimum Gasteiger partial charge on any atom is -0.321 e. The molecule has 2 rings (SSSR count). The number of rotatable bonds is 6. The molecule has 0 spiro atoms. The maximum atomic E-state index is 11.8. The molecule has 0 heterocycles. The van der Waals surface area contributed by atoms with Crippen LogP contribution in [-0.4, -0.2) is 11.8 Å². The van der Waals surface area contributed by atoms with E-state index in [4.69, 9.17) is 5.73 Å². The van der Waals surface area contributed by atoms with Crippen LogP contribution in [0.4, 0.5) is 0 Å². The zero-order chi connectivity index (χ0) is 11.4. The van der Waals surface area contributed by atoms with Crippen molar-refractivity contribution in [3.05, 3.63) is 35.9 Å². The van der Waals surface area contributed by atoms with Crippen LogP contribution in [0.3, 0.4) is 0 Å². The van der Waals surface area contributed by atoms with E-state index < -0.39 is 0 Å². The normalized spacial score (nSPS) is 17.1. The Morgan fingerprint density at radius 2 is 2.00 bits per heavy atom. The molecule has 1 fully saturated rings. The molecule has 0 saturated heterocycles. The van der Waals surface area contributed by atoms with Gasteiger partial charge in [-0.1, -0.05) is 43.2 Å². The zero-order valence-electron chi connectivity index (χ0n) is 9.56. The van der Waals surface area contributed by atoms with Crippen LogP contribution in [0.25, 0.3) is 0 Å². The molecule has 86 valence electrons. The molecule has 1 unspecified atom stereocenters. The first-order valence-electron chi connectivity index (χ1n) is 6.08. The van der Waals surface area contributed by atoms with Gasteiger partial charge in [-0.2, -0.15) is 0 Å². The van der Waals surface area contributed by atoms with E-state index in [0.717, 1.165) is 17.9 Å². The predicted molar refractivity (Wildman–Crippen MR) is 65.1 cm³/mol. The summed E-state index contributed by atoms with van der Waals surface area (Å²) in [6.07, 6.45) is 4.99. The van der Waals surface area contributed by atoms with Crippen molar-refractivity contribution in [3.8, 4) is 0 Å². The van der Waals surface area contributed by atoms with Gasteiger partial charge >= 0.3 is 0 Å². The minimum atomic E-state index is -0.318. The van der Waals surface area contributed by atoms with Gasteiger partial charge < -0.3 is 5.73 Å². The van der Waals surface area contributed by atoms with E-state index >= 15 is 0 Å². The van der Waals surface area contributed by atoms with Crippen LogP contribution in [0, 0.1) is 5.92 Å². The van der Waals surface area contributed by atoms with Gasteiger partial charge in [0.25, 0.3) is 0 Å². The molecule has 16 heavy (non-hydrogen) atoms. The highest BCUT2D eigenvalue weighted by molar-refractivity contribution is 5.84. The summed E-state index contributed by atoms with van der Waals surface area (Å²) >= 11 is 0. The monoisotopic (exact) mass is 217 g/mol. The Morgan fingerprint density at radius 1 is 1.31 bits per heavy atom. The standard InChI is InChI=1S/C14H19NO/c15-13(10-12-4-2-1-3-5-12)14(16)9-8-11-6-7-11/h1-5,11,13H,6-10,15H2. The molecule has 1 aliphatic carbocycles. The molecule has 2 N–H and O–H groups in total. The average Bonchev–Trinajstić information content (AvgIpc) is 3.11. The fourth-order valence-electron chi connectivity index (χ4n) is 1.92. The molecule has 0 aliphatic heterocycles. The summed E-state index contributed by atoms with van der Waals surface area (Å²) in [5.74, 6) is 1.03. The Labute approximate surface area is 96.8 Å². The fraction of sp³-hybridized carbons (Fsp3) is 0.500. The summed E-state index contributed by atoms with van der Waals surface area (Å²) in [7, 11) is 0. The van der Waals surface area contributed by atoms with Gasteiger partial charge in [0, 0.05) is 6.42 Å². The Kier molecular flexibility index (Phi) is 3.73. The lowest BCUT2D eigenvalue weighted by atomic mass is 10.00. The molecule has 1 aliphatic rings. The molecule has 0 bridgehead atoms. The molecule has 1 aromatic rings. The van der Waals surface area contributed by atoms with Crippen LogP contribution in [0.2, 0.25) is 0 Å². The third kappa shape index (κ3) is 3.46. The topological polar surface area (TPSA) is 43.1 Å². The van der Waals surface area contributed by atoms with Gasteiger partial charge in [-0.3, -0.25) is 4.79 Å². The van der Waals surface area contributed by atoms with Gasteiger partial charge in [0.2, 0.25) is 0 Å². The van der Waals surface area contributed by atoms with Gasteiger partial charge in [0.05, 0.1) is 6.04 Å². The molecule has 1 atom stereocenters. The lowest BCUT2D eigenvalue weighted by molar-refractivity contribution is -0.120. The SMILES string of the molecule is NC(Cc1ccccc1)C(=O)CCC1CC1. The number of Topliss-reactive ketones (excluding diaryl/α,β-unsaturated/α-hetero) is 1. The Bertz CT molecular complexity index is 343. The van der Waals surface area contributed by atoms with Crippen molar-refractivity contribution in [2.75, 3.05) is 0 Å². The van der Waals surface area contributed by atoms with Crippen molar-refractivity contribution in [3.63, 3.8) is 0 Å². The van der Waals surface area contributed by atoms with E-state index in [1.165, 1.54) is 12.8 Å². The maximum Gasteiger partial charge on any atom is 0.149 e. The molecular weight excluding hydrogens is 198 g/mol. The first kappa shape index (κ1) is 11.3. The van der Waals surface area contributed by atoms with Crippen molar-refractivity contribution in [1.29, 1.82) is 0 Å². The molecule has 2 nitrogen and oxygen atoms in total. The number of nitrogens with two attached hydrogens (primary N) is 1. The van der Waals surface area contributed by atoms with E-state index in [0.29, 0.717) is 12.8 Å². The van der Waals surface area contributed by atoms with Crippen LogP contribution in [0.1, 0.15) is 31.2 Å². The van der Waals surface area contributed by atoms with Gasteiger partial charge in [0.15, 0.2) is 0 Å². The summed E-state index contributed by atoms with van der Waals surface area (Å²) in [4.78, 5) is 11.8. The number of ketones is 1. The fourth-order valence-corrected chi connectivity index (χ4v) is 1.92. The van der Waals surface area contributed by atoms with Crippen LogP contribution >= 0.6 is 0 Å². The van der Waals surface area contributed by atoms with Gasteiger partial charge in [-0.05, 0) is 24.3 Å². The Hall–Kier alpha value is -1.15. The summed E-state index contributed by atoms with van der Waals surface area (Å²) < 4.78 is 0. The van der Waals surface area contributed by atoms with E-state index in [1.54, 1.807) is 0 Å². The second-order valence-electron chi connectivity index (χ2n) is 4.74. The second kappa shape index (κ2) is 5.26. The van der Waals surface area contributed by atoms with E-state index in [2.05, 4.69) is 0 Å². The first-order chi connectivity index (χ1) is 7.75. The van der Waals surface area contributed by atoms with Crippen molar-refractivity contribution < 1.29 is 4.79 Å². The highest BCUT2D eigenvalue weighted by Gasteiger charge is 2.23. The van der Waals surface area contributed by atoms with Gasteiger partial charge in [-0.15, -0.1) is 0 Å². The largest absolute Gasteiger partial charge is 0.321 e. The van der Waals surface area contributed by atoms with E-state index in [9.17, 15) is 4.79 Å². The quantitative estimate of drug-likeness (QED) is 0.794. The molecule has 2 heteroatoms. The van der Waals surface area contributed by atoms with Crippen LogP contribution in [-0.2, 0) is 11.2 Å². The van der Waals surface area contributed by atoms with Crippen molar-refractivity contribution >= 4 is 5.78 Å². The molecule has 1 aromatic carbocycles. The summed E-state index contributed by atoms with van der Waals surface area (Å²) in [5, 5.41) is 0. The Morgan fingerprint density at radius 3 is 2.62 bits per heavy atom. The predicted octanol–water partition coefficient (Wildman–Crippen LogP) is 2.32. The highest BCUT2D eigenvalue weighted by atomic mass is 16.1. The van der Waals surface area contributed by atoms with E-state index in [-0.39, 0.29) is 11.8 Å². The number of hydrogen-bond acceptors (Lipinski definition) is 2. The lowest BCUT2D eigenvalue weighted by Gasteiger charge is -2.10. The Balaban J connectivity index is 1.77. The van der Waals surface area contributed by atoms with Crippen molar-refractivity contribution in [2.45, 2.75) is 38.1 Å². The second-order valence-corrected chi connectivity index (χ2v) is 4.74. The summed E-state index contributed by atoms with van der Waals surface area (Å²) in [6.45, 7) is 0. The third-order valence-electron chi connectivity index (χ3n) is 3.21. The smallest absolute Gasteiger partial charge is 0.149 e. The third-order valence-corrected chi connectivity index (χ3v) is 3.21. The van der Waals surface area contributed by atoms with Crippen molar-refractivity contribution in [2.24, 2.45) is 11.7 Å². The van der Waals surface area contributed by atoms with E-state index in [1.807, 2.05) is 30.3 Å². The average molecular weight is 217 g/mol. The number of hydrogen-bond donors (Lipinski definition) is 1. The lowest BCUT2D eigenvalue weighted by Crippen LogP contribution is -2.32. The maximum absolute atomic E-state index is 11.8. The zero-order valence-corrected chi connectivity index (χ0v) is 9.56. The minimum absolute atomic E-state index is 0.218. The van der Waals surface area contributed by atoms with Crippen LogP contribution in [0.15, 0.2) is 30.3 Å². The number of carbonyl (C=O) groups is 1. The molecule has 0 aromatic heterocycles. The van der Waals surface area contributed by atoms with Crippen LogP contribution in [0.5, 0.6) is 0 Å². The van der Waals surface area contributed by atoms with Gasteiger partial charge in [0.1, 0.15) is 5.78 Å². The summed E-state index contributed by atoms with van der Waals surface area (Å²) in [6, 6.07) is 9.67. The van der Waals surface area contributed by atoms with Crippen molar-refractivity contribution in [1.82, 2.24) is 0 Å². The number of benzene rings is 1.